The number of carbonyl (C=O) groups excluding carboxylic acids is 1. The van der Waals surface area contributed by atoms with E-state index in [0.717, 1.165) is 32.5 Å². The zero-order chi connectivity index (χ0) is 10.1. The number of carbonyl (C=O) groups is 1. The van der Waals surface area contributed by atoms with Crippen LogP contribution in [0.3, 0.4) is 0 Å². The fraction of sp³-hybridized carbons (Fsp3) is 0.909. The van der Waals surface area contributed by atoms with Gasteiger partial charge in [-0.05, 0) is 26.7 Å². The normalized spacial score (nSPS) is 27.5. The number of fused-ring (bicyclic) bond motifs is 1. The molecule has 0 aliphatic carbocycles. The zero-order valence-corrected chi connectivity index (χ0v) is 15.1. The van der Waals surface area contributed by atoms with E-state index in [9.17, 15) is 4.79 Å². The molecule has 4 heteroatoms. The van der Waals surface area contributed by atoms with Crippen LogP contribution in [0.2, 0.25) is 0 Å². The third-order valence-corrected chi connectivity index (χ3v) is 3.49. The van der Waals surface area contributed by atoms with Crippen molar-refractivity contribution in [2.24, 2.45) is 0 Å². The van der Waals surface area contributed by atoms with Gasteiger partial charge in [0.1, 0.15) is 0 Å². The zero-order valence-electron chi connectivity index (χ0n) is 11.2. The number of piperazine rings is 1. The van der Waals surface area contributed by atoms with Gasteiger partial charge in [0, 0.05) is 38.1 Å². The molecule has 15 heavy (non-hydrogen) atoms. The predicted molar refractivity (Wildman–Crippen MR) is 57.2 cm³/mol. The van der Waals surface area contributed by atoms with Crippen molar-refractivity contribution in [1.82, 2.24) is 9.80 Å². The molecule has 0 saturated carbocycles. The van der Waals surface area contributed by atoms with Gasteiger partial charge in [-0.3, -0.25) is 9.69 Å². The van der Waals surface area contributed by atoms with Crippen molar-refractivity contribution in [3.63, 3.8) is 0 Å². The Morgan fingerprint density at radius 1 is 1.40 bits per heavy atom. The van der Waals surface area contributed by atoms with Gasteiger partial charge in [-0.1, -0.05) is 0 Å². The molecule has 2 aliphatic rings. The van der Waals surface area contributed by atoms with Crippen LogP contribution in [-0.2, 0) is 4.79 Å². The number of hydrogen-bond acceptors (Lipinski definition) is 2. The van der Waals surface area contributed by atoms with Crippen molar-refractivity contribution >= 4 is 5.91 Å². The van der Waals surface area contributed by atoms with E-state index in [2.05, 4.69) is 23.6 Å². The Kier molecular flexibility index (Phi) is 5.95. The maximum Gasteiger partial charge on any atom is 1.00 e. The van der Waals surface area contributed by atoms with Crippen LogP contribution in [0.4, 0.5) is 0 Å². The Morgan fingerprint density at radius 3 is 2.80 bits per heavy atom. The van der Waals surface area contributed by atoms with Crippen molar-refractivity contribution in [2.75, 3.05) is 19.6 Å². The van der Waals surface area contributed by atoms with E-state index >= 15 is 0 Å². The van der Waals surface area contributed by atoms with Gasteiger partial charge in [0.05, 0.1) is 0 Å². The number of piperidine rings is 1. The summed E-state index contributed by atoms with van der Waals surface area (Å²) < 4.78 is 0. The molecule has 0 aromatic heterocycles. The molecule has 82 valence electrons. The van der Waals surface area contributed by atoms with Crippen molar-refractivity contribution < 1.29 is 64.4 Å². The molecule has 2 heterocycles. The van der Waals surface area contributed by atoms with Gasteiger partial charge in [-0.2, -0.15) is 0 Å². The van der Waals surface area contributed by atoms with E-state index in [1.807, 2.05) is 0 Å². The first-order valence-corrected chi connectivity index (χ1v) is 5.72. The largest absolute Gasteiger partial charge is 1.00 e. The van der Waals surface area contributed by atoms with Crippen LogP contribution in [-0.4, -0.2) is 47.4 Å². The molecule has 0 N–H and O–H groups in total. The van der Waals surface area contributed by atoms with Gasteiger partial charge in [-0.15, -0.1) is 0 Å². The van der Waals surface area contributed by atoms with Gasteiger partial charge in [0.25, 0.3) is 0 Å². The van der Waals surface area contributed by atoms with Gasteiger partial charge >= 0.3 is 58.2 Å². The molecule has 0 bridgehead atoms. The summed E-state index contributed by atoms with van der Waals surface area (Å²) in [6.07, 6.45) is 3.07. The van der Waals surface area contributed by atoms with E-state index in [0.29, 0.717) is 18.0 Å². The molecule has 2 aliphatic heterocycles. The minimum atomic E-state index is 0. The van der Waals surface area contributed by atoms with Crippen molar-refractivity contribution in [3.05, 3.63) is 0 Å². The Bertz CT molecular complexity index is 238. The monoisotopic (exact) mass is 282 g/mol. The van der Waals surface area contributed by atoms with Gasteiger partial charge < -0.3 is 6.33 Å². The average Bonchev–Trinajstić information content (AvgIpc) is 2.17. The van der Waals surface area contributed by atoms with Gasteiger partial charge in [0.15, 0.2) is 0 Å². The van der Waals surface area contributed by atoms with Crippen LogP contribution in [0.25, 0.3) is 0 Å². The second-order valence-corrected chi connectivity index (χ2v) is 4.72. The molecule has 1 amide bonds. The fourth-order valence-corrected chi connectivity index (χ4v) is 2.56. The molecule has 0 aromatic rings. The summed E-state index contributed by atoms with van der Waals surface area (Å²) in [6.45, 7) is 7.56. The van der Waals surface area contributed by atoms with E-state index < -0.39 is 0 Å². The summed E-state index contributed by atoms with van der Waals surface area (Å²) in [7, 11) is 0. The molecule has 3 nitrogen and oxygen atoms in total. The quantitative estimate of drug-likeness (QED) is 0.567. The maximum atomic E-state index is 11.6. The van der Waals surface area contributed by atoms with E-state index in [4.69, 9.17) is 0 Å². The third-order valence-electron chi connectivity index (χ3n) is 3.49. The summed E-state index contributed by atoms with van der Waals surface area (Å²) in [5.41, 5.74) is 0. The first-order valence-electron chi connectivity index (χ1n) is 5.72. The van der Waals surface area contributed by atoms with Gasteiger partial charge in [-0.25, -0.2) is 0 Å². The summed E-state index contributed by atoms with van der Waals surface area (Å²) in [5.74, 6) is 0.379. The SMILES string of the molecule is CC(C)N1CCN2C(=O)CCCC2C1.[H-].[Rb+]. The smallest absolute Gasteiger partial charge is 1.00 e. The first kappa shape index (κ1) is 14.3. The van der Waals surface area contributed by atoms with Crippen molar-refractivity contribution in [1.29, 1.82) is 0 Å². The summed E-state index contributed by atoms with van der Waals surface area (Å²) in [5, 5.41) is 0. The topological polar surface area (TPSA) is 23.6 Å². The third kappa shape index (κ3) is 3.35. The molecule has 0 aromatic carbocycles. The van der Waals surface area contributed by atoms with E-state index in [1.54, 1.807) is 0 Å². The first-order chi connectivity index (χ1) is 6.68. The Morgan fingerprint density at radius 2 is 2.13 bits per heavy atom. The molecule has 1 unspecified atom stereocenters. The standard InChI is InChI=1S/C11H20N2O.Rb.H/c1-9(2)12-6-7-13-10(8-12)4-3-5-11(13)14;;/h9-10H,3-8H2,1-2H3;;/q;+1;-1. The molecule has 2 saturated heterocycles. The number of hydrogen-bond donors (Lipinski definition) is 0. The maximum absolute atomic E-state index is 11.6. The van der Waals surface area contributed by atoms with Gasteiger partial charge in [0.2, 0.25) is 5.91 Å². The minimum Gasteiger partial charge on any atom is -1.00 e. The second kappa shape index (κ2) is 6.24. The number of amides is 1. The number of nitrogens with zero attached hydrogens (tertiary/aromatic N) is 2. The molecular formula is C11H21N2ORb. The molecule has 2 rings (SSSR count). The summed E-state index contributed by atoms with van der Waals surface area (Å²) in [4.78, 5) is 16.2. The Labute approximate surface area is 143 Å². The molecular weight excluding hydrogens is 262 g/mol. The van der Waals surface area contributed by atoms with Crippen LogP contribution < -0.4 is 58.2 Å². The predicted octanol–water partition coefficient (Wildman–Crippen LogP) is -1.79. The Hall–Kier alpha value is 1.24. The minimum absolute atomic E-state index is 0. The fourth-order valence-electron chi connectivity index (χ4n) is 2.56. The van der Waals surface area contributed by atoms with Crippen LogP contribution >= 0.6 is 0 Å². The van der Waals surface area contributed by atoms with Crippen LogP contribution in [0.15, 0.2) is 0 Å². The molecule has 1 atom stereocenters. The second-order valence-electron chi connectivity index (χ2n) is 4.72. The Balaban J connectivity index is 0.00000112. The van der Waals surface area contributed by atoms with E-state index in [-0.39, 0.29) is 59.6 Å². The van der Waals surface area contributed by atoms with Crippen molar-refractivity contribution in [2.45, 2.75) is 45.2 Å². The molecule has 0 spiro atoms. The summed E-state index contributed by atoms with van der Waals surface area (Å²) in [6, 6.07) is 1.13. The molecule has 0 radical (unpaired) electrons. The molecule has 2 fully saturated rings. The number of rotatable bonds is 1. The van der Waals surface area contributed by atoms with E-state index in [1.165, 1.54) is 6.42 Å². The van der Waals surface area contributed by atoms with Crippen molar-refractivity contribution in [3.8, 4) is 0 Å². The van der Waals surface area contributed by atoms with Crippen LogP contribution in [0.1, 0.15) is 34.5 Å². The average molecular weight is 283 g/mol. The van der Waals surface area contributed by atoms with Crippen LogP contribution in [0, 0.1) is 0 Å². The summed E-state index contributed by atoms with van der Waals surface area (Å²) >= 11 is 0. The van der Waals surface area contributed by atoms with Crippen LogP contribution in [0.5, 0.6) is 0 Å².